The van der Waals surface area contributed by atoms with Gasteiger partial charge in [-0.05, 0) is 0 Å². The molecule has 0 aliphatic carbocycles. The largest absolute Gasteiger partial charge is 0.478 e. The highest BCUT2D eigenvalue weighted by atomic mass is 16.6. The third-order valence-electron chi connectivity index (χ3n) is 0.896. The number of aliphatic carboxylic acids is 1. The Morgan fingerprint density at radius 2 is 2.08 bits per heavy atom. The fourth-order valence-corrected chi connectivity index (χ4v) is 0.455. The van der Waals surface area contributed by atoms with Crippen molar-refractivity contribution in [2.24, 2.45) is 0 Å². The van der Waals surface area contributed by atoms with Gasteiger partial charge in [0.25, 0.3) is 5.70 Å². The molecular formula is C7H7NO4. The Morgan fingerprint density at radius 1 is 1.50 bits per heavy atom. The Balaban J connectivity index is 4.55. The van der Waals surface area contributed by atoms with Gasteiger partial charge in [0.05, 0.1) is 4.92 Å². The standard InChI is InChI=1S/C7H7NO4/c1-2-3-6(8(11)12)4-5-7(9)10/h2-5H,1H2,(H,9,10)/b5-4-,6-3+. The first-order valence-corrected chi connectivity index (χ1v) is 2.96. The van der Waals surface area contributed by atoms with Gasteiger partial charge in [0.1, 0.15) is 0 Å². The number of nitrogens with zero attached hydrogens (tertiary/aromatic N) is 1. The summed E-state index contributed by atoms with van der Waals surface area (Å²) in [6.07, 6.45) is 3.91. The minimum absolute atomic E-state index is 0.313. The Hall–Kier alpha value is -1.91. The second-order valence-corrected chi connectivity index (χ2v) is 1.76. The molecule has 0 aromatic rings. The smallest absolute Gasteiger partial charge is 0.328 e. The van der Waals surface area contributed by atoms with Gasteiger partial charge < -0.3 is 5.11 Å². The van der Waals surface area contributed by atoms with Crippen LogP contribution in [0.5, 0.6) is 0 Å². The summed E-state index contributed by atoms with van der Waals surface area (Å²) in [5.74, 6) is -1.23. The van der Waals surface area contributed by atoms with Crippen molar-refractivity contribution in [1.29, 1.82) is 0 Å². The zero-order valence-corrected chi connectivity index (χ0v) is 6.14. The summed E-state index contributed by atoms with van der Waals surface area (Å²) in [5, 5.41) is 18.3. The van der Waals surface area contributed by atoms with Crippen LogP contribution in [0.1, 0.15) is 0 Å². The second kappa shape index (κ2) is 4.84. The van der Waals surface area contributed by atoms with Crippen molar-refractivity contribution in [3.8, 4) is 0 Å². The van der Waals surface area contributed by atoms with Crippen LogP contribution in [0.25, 0.3) is 0 Å². The van der Waals surface area contributed by atoms with Gasteiger partial charge >= 0.3 is 5.97 Å². The molecule has 0 bridgehead atoms. The van der Waals surface area contributed by atoms with Crippen LogP contribution in [-0.4, -0.2) is 16.0 Å². The predicted molar refractivity (Wildman–Crippen MR) is 42.1 cm³/mol. The summed E-state index contributed by atoms with van der Waals surface area (Å²) >= 11 is 0. The molecule has 5 nitrogen and oxygen atoms in total. The third-order valence-corrected chi connectivity index (χ3v) is 0.896. The lowest BCUT2D eigenvalue weighted by molar-refractivity contribution is -0.419. The van der Waals surface area contributed by atoms with Crippen LogP contribution >= 0.6 is 0 Å². The van der Waals surface area contributed by atoms with Gasteiger partial charge in [-0.3, -0.25) is 10.1 Å². The van der Waals surface area contributed by atoms with Crippen LogP contribution in [0.2, 0.25) is 0 Å². The summed E-state index contributed by atoms with van der Waals surface area (Å²) in [6, 6.07) is 0. The van der Waals surface area contributed by atoms with Crippen LogP contribution in [0, 0.1) is 10.1 Å². The average molecular weight is 169 g/mol. The average Bonchev–Trinajstić information content (AvgIpc) is 1.96. The summed E-state index contributed by atoms with van der Waals surface area (Å²) in [7, 11) is 0. The minimum atomic E-state index is -1.23. The van der Waals surface area contributed by atoms with Gasteiger partial charge in [-0.15, -0.1) is 0 Å². The van der Waals surface area contributed by atoms with E-state index in [0.717, 1.165) is 12.2 Å². The van der Waals surface area contributed by atoms with Crippen LogP contribution in [-0.2, 0) is 4.79 Å². The molecule has 0 spiro atoms. The molecule has 0 fully saturated rings. The number of nitro groups is 1. The topological polar surface area (TPSA) is 80.4 Å². The molecule has 0 amide bonds. The molecule has 64 valence electrons. The van der Waals surface area contributed by atoms with E-state index in [0.29, 0.717) is 6.08 Å². The summed E-state index contributed by atoms with van der Waals surface area (Å²) in [6.45, 7) is 3.25. The van der Waals surface area contributed by atoms with Gasteiger partial charge in [0, 0.05) is 18.2 Å². The highest BCUT2D eigenvalue weighted by molar-refractivity contribution is 5.80. The second-order valence-electron chi connectivity index (χ2n) is 1.76. The first-order valence-electron chi connectivity index (χ1n) is 2.96. The van der Waals surface area contributed by atoms with Crippen LogP contribution in [0.4, 0.5) is 0 Å². The maximum absolute atomic E-state index is 10.1. The number of allylic oxidation sites excluding steroid dienone is 3. The van der Waals surface area contributed by atoms with E-state index in [4.69, 9.17) is 5.11 Å². The molecule has 0 saturated carbocycles. The quantitative estimate of drug-likeness (QED) is 0.294. The zero-order chi connectivity index (χ0) is 9.56. The lowest BCUT2D eigenvalue weighted by Crippen LogP contribution is -1.96. The molecule has 1 N–H and O–H groups in total. The molecule has 0 aromatic heterocycles. The molecule has 0 aromatic carbocycles. The molecule has 0 rings (SSSR count). The molecule has 12 heavy (non-hydrogen) atoms. The summed E-state index contributed by atoms with van der Waals surface area (Å²) < 4.78 is 0. The van der Waals surface area contributed by atoms with Gasteiger partial charge in [0.15, 0.2) is 0 Å². The van der Waals surface area contributed by atoms with E-state index in [1.165, 1.54) is 6.08 Å². The van der Waals surface area contributed by atoms with Crippen molar-refractivity contribution < 1.29 is 14.8 Å². The number of hydrogen-bond acceptors (Lipinski definition) is 3. The molecule has 5 heteroatoms. The fraction of sp³-hybridized carbons (Fsp3) is 0. The molecular weight excluding hydrogens is 162 g/mol. The molecule has 0 aliphatic rings. The van der Waals surface area contributed by atoms with E-state index < -0.39 is 10.9 Å². The van der Waals surface area contributed by atoms with Crippen LogP contribution in [0.15, 0.2) is 36.6 Å². The van der Waals surface area contributed by atoms with Crippen LogP contribution in [0.3, 0.4) is 0 Å². The zero-order valence-electron chi connectivity index (χ0n) is 6.14. The molecule has 0 unspecified atom stereocenters. The van der Waals surface area contributed by atoms with E-state index in [9.17, 15) is 14.9 Å². The Bertz CT molecular complexity index is 265. The minimum Gasteiger partial charge on any atom is -0.478 e. The molecule has 0 atom stereocenters. The molecule has 0 radical (unpaired) electrons. The van der Waals surface area contributed by atoms with Gasteiger partial charge in [-0.25, -0.2) is 4.79 Å². The highest BCUT2D eigenvalue weighted by Crippen LogP contribution is 1.97. The molecule has 0 heterocycles. The maximum atomic E-state index is 10.1. The normalized spacial score (nSPS) is 11.5. The predicted octanol–water partition coefficient (Wildman–Crippen LogP) is 0.974. The summed E-state index contributed by atoms with van der Waals surface area (Å²) in [4.78, 5) is 19.4. The van der Waals surface area contributed by atoms with E-state index in [1.54, 1.807) is 0 Å². The third kappa shape index (κ3) is 3.99. The first kappa shape index (κ1) is 10.1. The Kier molecular flexibility index (Phi) is 4.07. The molecule has 0 saturated heterocycles. The van der Waals surface area contributed by atoms with E-state index in [2.05, 4.69) is 6.58 Å². The monoisotopic (exact) mass is 169 g/mol. The van der Waals surface area contributed by atoms with Crippen molar-refractivity contribution in [3.63, 3.8) is 0 Å². The lowest BCUT2D eigenvalue weighted by atomic mass is 10.3. The Labute approximate surface area is 68.5 Å². The lowest BCUT2D eigenvalue weighted by Gasteiger charge is -1.86. The van der Waals surface area contributed by atoms with E-state index in [-0.39, 0.29) is 5.70 Å². The van der Waals surface area contributed by atoms with Crippen molar-refractivity contribution in [3.05, 3.63) is 46.7 Å². The molecule has 0 aliphatic heterocycles. The number of carboxylic acid groups (broad SMARTS) is 1. The SMILES string of the molecule is C=C/C=C(\C=C/C(=O)O)[N+](=O)[O-]. The van der Waals surface area contributed by atoms with Crippen molar-refractivity contribution in [2.45, 2.75) is 0 Å². The van der Waals surface area contributed by atoms with Crippen molar-refractivity contribution >= 4 is 5.97 Å². The van der Waals surface area contributed by atoms with Crippen LogP contribution < -0.4 is 0 Å². The number of carbonyl (C=O) groups is 1. The number of carboxylic acids is 1. The number of hydrogen-bond donors (Lipinski definition) is 1. The van der Waals surface area contributed by atoms with Crippen molar-refractivity contribution in [1.82, 2.24) is 0 Å². The maximum Gasteiger partial charge on any atom is 0.328 e. The summed E-state index contributed by atoms with van der Waals surface area (Å²) in [5.41, 5.74) is -0.313. The van der Waals surface area contributed by atoms with E-state index in [1.807, 2.05) is 0 Å². The first-order chi connectivity index (χ1) is 5.57. The number of rotatable bonds is 4. The fourth-order valence-electron chi connectivity index (χ4n) is 0.455. The van der Waals surface area contributed by atoms with E-state index >= 15 is 0 Å². The van der Waals surface area contributed by atoms with Gasteiger partial charge in [-0.1, -0.05) is 12.7 Å². The van der Waals surface area contributed by atoms with Gasteiger partial charge in [0.2, 0.25) is 0 Å². The van der Waals surface area contributed by atoms with Gasteiger partial charge in [-0.2, -0.15) is 0 Å². The van der Waals surface area contributed by atoms with Crippen molar-refractivity contribution in [2.75, 3.05) is 0 Å². The Morgan fingerprint density at radius 3 is 2.42 bits per heavy atom. The highest BCUT2D eigenvalue weighted by Gasteiger charge is 2.03.